The van der Waals surface area contributed by atoms with Crippen molar-refractivity contribution in [3.63, 3.8) is 0 Å². The Balaban J connectivity index is 2.28. The SMILES string of the molecule is CCc1cccc(Nc2ccc(N)c(C(N)=O)c2)c1. The van der Waals surface area contributed by atoms with Crippen molar-refractivity contribution >= 4 is 23.0 Å². The van der Waals surface area contributed by atoms with Crippen molar-refractivity contribution in [2.75, 3.05) is 11.1 Å². The van der Waals surface area contributed by atoms with Crippen LogP contribution in [0.3, 0.4) is 0 Å². The lowest BCUT2D eigenvalue weighted by atomic mass is 10.1. The largest absolute Gasteiger partial charge is 0.398 e. The fourth-order valence-corrected chi connectivity index (χ4v) is 1.88. The third-order valence-corrected chi connectivity index (χ3v) is 2.94. The smallest absolute Gasteiger partial charge is 0.250 e. The highest BCUT2D eigenvalue weighted by Crippen LogP contribution is 2.22. The van der Waals surface area contributed by atoms with Crippen LogP contribution in [0.25, 0.3) is 0 Å². The molecule has 98 valence electrons. The van der Waals surface area contributed by atoms with Crippen LogP contribution in [0.1, 0.15) is 22.8 Å². The van der Waals surface area contributed by atoms with E-state index in [1.807, 2.05) is 18.2 Å². The maximum atomic E-state index is 11.2. The predicted molar refractivity (Wildman–Crippen MR) is 78.5 cm³/mol. The van der Waals surface area contributed by atoms with Crippen LogP contribution in [-0.2, 0) is 6.42 Å². The van der Waals surface area contributed by atoms with Crippen molar-refractivity contribution in [3.8, 4) is 0 Å². The van der Waals surface area contributed by atoms with Crippen LogP contribution in [0.15, 0.2) is 42.5 Å². The topological polar surface area (TPSA) is 81.1 Å². The first-order valence-corrected chi connectivity index (χ1v) is 6.15. The number of primary amides is 1. The molecule has 0 aliphatic rings. The quantitative estimate of drug-likeness (QED) is 0.735. The van der Waals surface area contributed by atoms with Crippen molar-refractivity contribution in [1.29, 1.82) is 0 Å². The van der Waals surface area contributed by atoms with Gasteiger partial charge in [0.15, 0.2) is 0 Å². The highest BCUT2D eigenvalue weighted by atomic mass is 16.1. The Hall–Kier alpha value is -2.49. The van der Waals surface area contributed by atoms with E-state index in [1.54, 1.807) is 12.1 Å². The summed E-state index contributed by atoms with van der Waals surface area (Å²) in [6.45, 7) is 2.10. The van der Waals surface area contributed by atoms with Crippen molar-refractivity contribution in [2.45, 2.75) is 13.3 Å². The first kappa shape index (κ1) is 13.0. The third-order valence-electron chi connectivity index (χ3n) is 2.94. The number of nitrogens with two attached hydrogens (primary N) is 2. The lowest BCUT2D eigenvalue weighted by molar-refractivity contribution is 0.100. The molecule has 0 radical (unpaired) electrons. The minimum atomic E-state index is -0.525. The summed E-state index contributed by atoms with van der Waals surface area (Å²) in [6.07, 6.45) is 0.976. The summed E-state index contributed by atoms with van der Waals surface area (Å²) in [5.41, 5.74) is 14.7. The van der Waals surface area contributed by atoms with E-state index >= 15 is 0 Å². The van der Waals surface area contributed by atoms with Gasteiger partial charge >= 0.3 is 0 Å². The van der Waals surface area contributed by atoms with Crippen molar-refractivity contribution in [3.05, 3.63) is 53.6 Å². The molecule has 0 bridgehead atoms. The van der Waals surface area contributed by atoms with E-state index in [-0.39, 0.29) is 0 Å². The Morgan fingerprint density at radius 1 is 1.16 bits per heavy atom. The van der Waals surface area contributed by atoms with E-state index < -0.39 is 5.91 Å². The van der Waals surface area contributed by atoms with Crippen LogP contribution in [0.4, 0.5) is 17.1 Å². The lowest BCUT2D eigenvalue weighted by Crippen LogP contribution is -2.13. The van der Waals surface area contributed by atoms with Crippen LogP contribution in [0.2, 0.25) is 0 Å². The Morgan fingerprint density at radius 2 is 1.89 bits per heavy atom. The van der Waals surface area contributed by atoms with Gasteiger partial charge in [0.2, 0.25) is 0 Å². The van der Waals surface area contributed by atoms with Crippen LogP contribution in [0, 0.1) is 0 Å². The van der Waals surface area contributed by atoms with E-state index in [9.17, 15) is 4.79 Å². The van der Waals surface area contributed by atoms with Gasteiger partial charge in [-0.2, -0.15) is 0 Å². The first-order chi connectivity index (χ1) is 9.10. The third kappa shape index (κ3) is 3.04. The zero-order valence-electron chi connectivity index (χ0n) is 10.8. The second-order valence-electron chi connectivity index (χ2n) is 4.35. The van der Waals surface area contributed by atoms with E-state index in [0.29, 0.717) is 11.3 Å². The van der Waals surface area contributed by atoms with Gasteiger partial charge in [0.1, 0.15) is 0 Å². The first-order valence-electron chi connectivity index (χ1n) is 6.15. The number of anilines is 3. The van der Waals surface area contributed by atoms with Gasteiger partial charge in [-0.25, -0.2) is 0 Å². The monoisotopic (exact) mass is 255 g/mol. The van der Waals surface area contributed by atoms with Gasteiger partial charge < -0.3 is 16.8 Å². The average molecular weight is 255 g/mol. The Morgan fingerprint density at radius 3 is 2.58 bits per heavy atom. The molecule has 0 aliphatic heterocycles. The summed E-state index contributed by atoms with van der Waals surface area (Å²) in [6, 6.07) is 13.3. The van der Waals surface area contributed by atoms with Crippen molar-refractivity contribution in [1.82, 2.24) is 0 Å². The molecule has 1 amide bonds. The molecule has 0 aromatic heterocycles. The molecule has 0 heterocycles. The number of rotatable bonds is 4. The number of carbonyl (C=O) groups is 1. The summed E-state index contributed by atoms with van der Waals surface area (Å²) in [4.78, 5) is 11.2. The molecule has 19 heavy (non-hydrogen) atoms. The Kier molecular flexibility index (Phi) is 3.71. The van der Waals surface area contributed by atoms with Crippen LogP contribution in [-0.4, -0.2) is 5.91 Å². The fraction of sp³-hybridized carbons (Fsp3) is 0.133. The summed E-state index contributed by atoms with van der Waals surface area (Å²) < 4.78 is 0. The molecular formula is C15H17N3O. The molecule has 0 unspecified atom stereocenters. The van der Waals surface area contributed by atoms with Gasteiger partial charge in [-0.3, -0.25) is 4.79 Å². The average Bonchev–Trinajstić information content (AvgIpc) is 2.41. The number of nitrogens with one attached hydrogen (secondary N) is 1. The molecule has 0 aliphatic carbocycles. The van der Waals surface area contributed by atoms with E-state index in [4.69, 9.17) is 11.5 Å². The van der Waals surface area contributed by atoms with E-state index in [0.717, 1.165) is 17.8 Å². The Bertz CT molecular complexity index is 608. The van der Waals surface area contributed by atoms with E-state index in [2.05, 4.69) is 24.4 Å². The number of hydrogen-bond acceptors (Lipinski definition) is 3. The second-order valence-corrected chi connectivity index (χ2v) is 4.35. The van der Waals surface area contributed by atoms with Gasteiger partial charge in [-0.05, 0) is 42.3 Å². The summed E-state index contributed by atoms with van der Waals surface area (Å²) in [5, 5.41) is 3.24. The van der Waals surface area contributed by atoms with Crippen molar-refractivity contribution in [2.24, 2.45) is 5.73 Å². The molecule has 2 aromatic rings. The highest BCUT2D eigenvalue weighted by Gasteiger charge is 2.06. The predicted octanol–water partition coefficient (Wildman–Crippen LogP) is 2.67. The summed E-state index contributed by atoms with van der Waals surface area (Å²) >= 11 is 0. The Labute approximate surface area is 112 Å². The van der Waals surface area contributed by atoms with Gasteiger partial charge in [0, 0.05) is 17.1 Å². The number of nitrogen functional groups attached to an aromatic ring is 1. The summed E-state index contributed by atoms with van der Waals surface area (Å²) in [5.74, 6) is -0.525. The second kappa shape index (κ2) is 5.44. The number of amides is 1. The van der Waals surface area contributed by atoms with Crippen LogP contribution < -0.4 is 16.8 Å². The number of aryl methyl sites for hydroxylation is 1. The van der Waals surface area contributed by atoms with Crippen LogP contribution >= 0.6 is 0 Å². The van der Waals surface area contributed by atoms with Crippen LogP contribution in [0.5, 0.6) is 0 Å². The molecule has 0 saturated heterocycles. The molecule has 4 heteroatoms. The summed E-state index contributed by atoms with van der Waals surface area (Å²) in [7, 11) is 0. The van der Waals surface area contributed by atoms with Gasteiger partial charge in [-0.1, -0.05) is 19.1 Å². The zero-order valence-corrected chi connectivity index (χ0v) is 10.8. The molecule has 0 spiro atoms. The standard InChI is InChI=1S/C15H17N3O/c1-2-10-4-3-5-11(8-10)18-12-6-7-14(16)13(9-12)15(17)19/h3-9,18H,2,16H2,1H3,(H2,17,19). The van der Waals surface area contributed by atoms with Gasteiger partial charge in [0.05, 0.1) is 5.56 Å². The highest BCUT2D eigenvalue weighted by molar-refractivity contribution is 5.99. The fourth-order valence-electron chi connectivity index (χ4n) is 1.88. The van der Waals surface area contributed by atoms with Crippen molar-refractivity contribution < 1.29 is 4.79 Å². The lowest BCUT2D eigenvalue weighted by Gasteiger charge is -2.10. The normalized spacial score (nSPS) is 10.2. The zero-order chi connectivity index (χ0) is 13.8. The minimum absolute atomic E-state index is 0.330. The van der Waals surface area contributed by atoms with Gasteiger partial charge in [0.25, 0.3) is 5.91 Å². The maximum absolute atomic E-state index is 11.2. The van der Waals surface area contributed by atoms with E-state index in [1.165, 1.54) is 5.56 Å². The van der Waals surface area contributed by atoms with Gasteiger partial charge in [-0.15, -0.1) is 0 Å². The molecule has 0 fully saturated rings. The molecule has 2 aromatic carbocycles. The molecule has 4 nitrogen and oxygen atoms in total. The molecule has 0 saturated carbocycles. The number of carbonyl (C=O) groups excluding carboxylic acids is 1. The number of hydrogen-bond donors (Lipinski definition) is 3. The molecule has 0 atom stereocenters. The molecule has 5 N–H and O–H groups in total. The number of benzene rings is 2. The maximum Gasteiger partial charge on any atom is 0.250 e. The minimum Gasteiger partial charge on any atom is -0.398 e. The molecular weight excluding hydrogens is 238 g/mol. The molecule has 2 rings (SSSR count).